The minimum absolute atomic E-state index is 0.106. The van der Waals surface area contributed by atoms with Gasteiger partial charge in [-0.25, -0.2) is 37.3 Å². The Balaban J connectivity index is 0.000000482. The predicted octanol–water partition coefficient (Wildman–Crippen LogP) is -4.39. The molecule has 0 radical (unpaired) electrons. The van der Waals surface area contributed by atoms with Crippen LogP contribution in [0.4, 0.5) is 0 Å². The first-order valence-electron chi connectivity index (χ1n) is 13.1. The quantitative estimate of drug-likeness (QED) is 0.117. The summed E-state index contributed by atoms with van der Waals surface area (Å²) in [5.41, 5.74) is 5.43. The van der Waals surface area contributed by atoms with Crippen molar-refractivity contribution in [2.75, 3.05) is 0 Å². The van der Waals surface area contributed by atoms with Gasteiger partial charge < -0.3 is 0 Å². The fourth-order valence-corrected chi connectivity index (χ4v) is 8.77. The van der Waals surface area contributed by atoms with Crippen LogP contribution in [0.25, 0.3) is 0 Å². The van der Waals surface area contributed by atoms with Crippen LogP contribution in [-0.4, -0.2) is 0 Å². The summed E-state index contributed by atoms with van der Waals surface area (Å²) < 4.78 is 70.9. The van der Waals surface area contributed by atoms with E-state index in [0.717, 1.165) is 6.42 Å². The number of halogens is 3. The number of hydrogen-bond donors (Lipinski definition) is 0. The van der Waals surface area contributed by atoms with E-state index in [1.807, 2.05) is 0 Å². The van der Waals surface area contributed by atoms with Crippen molar-refractivity contribution in [2.24, 2.45) is 0 Å². The van der Waals surface area contributed by atoms with E-state index >= 15 is 0 Å². The highest BCUT2D eigenvalue weighted by molar-refractivity contribution is 7.97. The molecule has 0 fully saturated rings. The van der Waals surface area contributed by atoms with E-state index in [2.05, 4.69) is 141 Å². The lowest BCUT2D eigenvalue weighted by atomic mass is 10.1. The maximum Gasteiger partial charge on any atom is 0.357 e. The molecular weight excluding hydrogens is 754 g/mol. The van der Waals surface area contributed by atoms with E-state index < -0.39 is 20.5 Å². The first-order chi connectivity index (χ1) is 21.2. The highest BCUT2D eigenvalue weighted by atomic mass is 127. The summed E-state index contributed by atoms with van der Waals surface area (Å²) in [6, 6.07) is 47.0. The second-order valence-electron chi connectivity index (χ2n) is 9.43. The molecule has 0 aliphatic carbocycles. The Morgan fingerprint density at radius 2 is 0.822 bits per heavy atom. The molecule has 236 valence electrons. The molecule has 0 heterocycles. The minimum Gasteiger partial charge on any atom is -0.222 e. The highest BCUT2D eigenvalue weighted by Crippen LogP contribution is 2.35. The van der Waals surface area contributed by atoms with Gasteiger partial charge in [0.2, 0.25) is 0 Å². The molecule has 0 aliphatic rings. The average molecular weight is 783 g/mol. The van der Waals surface area contributed by atoms with Crippen molar-refractivity contribution < 1.29 is 79.0 Å². The van der Waals surface area contributed by atoms with Gasteiger partial charge in [-0.15, -0.1) is 20.5 Å². The molecule has 0 atom stereocenters. The van der Waals surface area contributed by atoms with Gasteiger partial charge in [-0.1, -0.05) is 78.9 Å². The molecule has 0 saturated carbocycles. The van der Waals surface area contributed by atoms with Crippen LogP contribution in [0.3, 0.4) is 0 Å². The second-order valence-corrected chi connectivity index (χ2v) is 15.9. The second kappa shape index (κ2) is 17.4. The van der Waals surface area contributed by atoms with Crippen LogP contribution in [0, 0.1) is 41.5 Å². The maximum absolute atomic E-state index is 8.49. The molecule has 0 spiro atoms. The van der Waals surface area contributed by atoms with Gasteiger partial charge in [-0.3, -0.25) is 0 Å². The van der Waals surface area contributed by atoms with E-state index in [1.54, 1.807) is 0 Å². The van der Waals surface area contributed by atoms with Crippen molar-refractivity contribution >= 4 is 10.9 Å². The van der Waals surface area contributed by atoms with E-state index in [-0.39, 0.29) is 32.1 Å². The van der Waals surface area contributed by atoms with Crippen LogP contribution in [0.1, 0.15) is 22.3 Å². The fraction of sp³-hybridized carbons (Fsp3) is 0.0909. The van der Waals surface area contributed by atoms with Crippen LogP contribution in [0.15, 0.2) is 142 Å². The summed E-state index contributed by atoms with van der Waals surface area (Å²) in [7, 11) is -10.0. The van der Waals surface area contributed by atoms with Crippen molar-refractivity contribution in [3.63, 3.8) is 0 Å². The fourth-order valence-electron chi connectivity index (χ4n) is 4.19. The Morgan fingerprint density at radius 3 is 1.24 bits per heavy atom. The van der Waals surface area contributed by atoms with Crippen LogP contribution in [0.2, 0.25) is 0 Å². The molecule has 0 aliphatic heterocycles. The standard InChI is InChI=1S/C33H29IS.2ClHO4/c1-25-10-6-8-14-32(25)35(33-15-9-7-11-26(33)2)31-22-18-28(19-23-31)24-27-16-20-30(21-17-27)34-29-12-4-3-5-13-29;2*2-1(3,4)5/h3-23H,24H2,1-2H3;2*(H,2,3,4,5)/q+2;;/p-2. The lowest BCUT2D eigenvalue weighted by Gasteiger charge is -2.17. The Hall–Kier alpha value is -2.56. The molecule has 8 nitrogen and oxygen atoms in total. The highest BCUT2D eigenvalue weighted by Gasteiger charge is 2.31. The Morgan fingerprint density at radius 1 is 0.467 bits per heavy atom. The zero-order chi connectivity index (χ0) is 33.0. The van der Waals surface area contributed by atoms with E-state index in [1.165, 1.54) is 44.1 Å². The molecule has 0 bridgehead atoms. The van der Waals surface area contributed by atoms with Crippen molar-refractivity contribution in [1.29, 1.82) is 0 Å². The molecule has 5 rings (SSSR count). The van der Waals surface area contributed by atoms with Gasteiger partial charge in [0.05, 0.1) is 10.9 Å². The molecule has 45 heavy (non-hydrogen) atoms. The van der Waals surface area contributed by atoms with Crippen LogP contribution in [-0.2, 0) is 17.3 Å². The van der Waals surface area contributed by atoms with Crippen molar-refractivity contribution in [2.45, 2.75) is 35.0 Å². The first-order valence-corrected chi connectivity index (χ1v) is 19.0. The van der Waals surface area contributed by atoms with Gasteiger partial charge in [0.25, 0.3) is 0 Å². The monoisotopic (exact) mass is 782 g/mol. The molecule has 5 aromatic rings. The summed E-state index contributed by atoms with van der Waals surface area (Å²) in [6.07, 6.45) is 0.965. The SMILES string of the molecule is Cc1ccccc1[S+](c1ccc(Cc2ccc([I+]c3ccccc3)cc2)cc1)c1ccccc1C.[O-][Cl+3]([O-])([O-])[O-].[O-][Cl+3]([O-])([O-])[O-]. The van der Waals surface area contributed by atoms with Crippen LogP contribution >= 0.6 is 0 Å². The Bertz CT molecular complexity index is 1540. The number of benzene rings is 5. The van der Waals surface area contributed by atoms with E-state index in [4.69, 9.17) is 37.3 Å². The largest absolute Gasteiger partial charge is 0.357 e. The first kappa shape index (κ1) is 36.9. The van der Waals surface area contributed by atoms with Crippen molar-refractivity contribution in [1.82, 2.24) is 0 Å². The Labute approximate surface area is 280 Å². The van der Waals surface area contributed by atoms with E-state index in [9.17, 15) is 0 Å². The summed E-state index contributed by atoms with van der Waals surface area (Å²) in [6.45, 7) is 4.46. The van der Waals surface area contributed by atoms with Crippen LogP contribution in [0.5, 0.6) is 0 Å². The topological polar surface area (TPSA) is 184 Å². The Kier molecular flexibility index (Phi) is 14.3. The van der Waals surface area contributed by atoms with Gasteiger partial charge in [0, 0.05) is 11.1 Å². The molecule has 0 saturated heterocycles. The van der Waals surface area contributed by atoms with Gasteiger partial charge >= 0.3 is 21.2 Å². The van der Waals surface area contributed by atoms with Crippen molar-refractivity contribution in [3.05, 3.63) is 157 Å². The number of rotatable bonds is 7. The van der Waals surface area contributed by atoms with Gasteiger partial charge in [-0.05, 0) is 79.9 Å². The normalized spacial score (nSPS) is 11.3. The third-order valence-corrected chi connectivity index (χ3v) is 11.3. The van der Waals surface area contributed by atoms with Crippen LogP contribution < -0.4 is 58.5 Å². The summed E-state index contributed by atoms with van der Waals surface area (Å²) in [5, 5.41) is 0. The third-order valence-electron chi connectivity index (χ3n) is 6.06. The minimum atomic E-state index is -4.94. The molecule has 5 aromatic carbocycles. The van der Waals surface area contributed by atoms with Gasteiger partial charge in [0.15, 0.2) is 21.8 Å². The number of aryl methyl sites for hydroxylation is 2. The average Bonchev–Trinajstić information content (AvgIpc) is 2.96. The molecule has 0 N–H and O–H groups in total. The molecule has 12 heteroatoms. The molecule has 0 amide bonds. The molecular formula is C33H29Cl2IO8S. The summed E-state index contributed by atoms with van der Waals surface area (Å²) in [5.74, 6) is 0. The smallest absolute Gasteiger partial charge is 0.222 e. The zero-order valence-corrected chi connectivity index (χ0v) is 28.6. The third kappa shape index (κ3) is 14.2. The lowest BCUT2D eigenvalue weighted by Crippen LogP contribution is -3.61. The lowest BCUT2D eigenvalue weighted by molar-refractivity contribution is -2.00. The van der Waals surface area contributed by atoms with Gasteiger partial charge in [0.1, 0.15) is 0 Å². The van der Waals surface area contributed by atoms with Crippen molar-refractivity contribution in [3.8, 4) is 0 Å². The predicted molar refractivity (Wildman–Crippen MR) is 144 cm³/mol. The van der Waals surface area contributed by atoms with Gasteiger partial charge in [-0.2, -0.15) is 0 Å². The van der Waals surface area contributed by atoms with E-state index in [0.29, 0.717) is 0 Å². The zero-order valence-electron chi connectivity index (χ0n) is 24.1. The number of hydrogen-bond acceptors (Lipinski definition) is 8. The molecule has 0 unspecified atom stereocenters. The maximum atomic E-state index is 8.49. The summed E-state index contributed by atoms with van der Waals surface area (Å²) in [4.78, 5) is 4.19. The summed E-state index contributed by atoms with van der Waals surface area (Å²) >= 11 is -0.106. The molecule has 0 aromatic heterocycles.